The standard InChI is InChI=1S/C33H30O2/c34-21-32(27-15-5-1-11-23(27)24-12-2-6-16-28(24)32)31(19-9-10-20-31)33(22-35)29-17-7-3-13-25(29)26-14-4-8-18-30(26)33/h1-8,11-18,34-35H,9-10,19-22H2. The van der Waals surface area contributed by atoms with Gasteiger partial charge in [0.15, 0.2) is 0 Å². The predicted molar refractivity (Wildman–Crippen MR) is 140 cm³/mol. The van der Waals surface area contributed by atoms with Gasteiger partial charge >= 0.3 is 0 Å². The molecule has 0 saturated heterocycles. The number of fused-ring (bicyclic) bond motifs is 6. The molecule has 0 atom stereocenters. The lowest BCUT2D eigenvalue weighted by atomic mass is 9.45. The second-order valence-corrected chi connectivity index (χ2v) is 10.6. The molecule has 3 aliphatic rings. The van der Waals surface area contributed by atoms with E-state index in [9.17, 15) is 10.2 Å². The Bertz CT molecular complexity index is 1250. The Morgan fingerprint density at radius 1 is 0.457 bits per heavy atom. The smallest absolute Gasteiger partial charge is 0.0575 e. The van der Waals surface area contributed by atoms with Crippen LogP contribution in [0.15, 0.2) is 97.1 Å². The molecule has 174 valence electrons. The Morgan fingerprint density at radius 2 is 0.743 bits per heavy atom. The van der Waals surface area contributed by atoms with Crippen LogP contribution in [0.3, 0.4) is 0 Å². The van der Waals surface area contributed by atoms with Gasteiger partial charge in [0.25, 0.3) is 0 Å². The summed E-state index contributed by atoms with van der Waals surface area (Å²) in [6, 6.07) is 34.6. The summed E-state index contributed by atoms with van der Waals surface area (Å²) in [5.74, 6) is 0. The van der Waals surface area contributed by atoms with Crippen LogP contribution in [-0.2, 0) is 10.8 Å². The highest BCUT2D eigenvalue weighted by atomic mass is 16.3. The maximum absolute atomic E-state index is 11.6. The third-order valence-electron chi connectivity index (χ3n) is 9.69. The highest BCUT2D eigenvalue weighted by Gasteiger charge is 2.69. The molecule has 2 nitrogen and oxygen atoms in total. The first-order chi connectivity index (χ1) is 17.2. The van der Waals surface area contributed by atoms with Crippen LogP contribution in [0.4, 0.5) is 0 Å². The average molecular weight is 459 g/mol. The lowest BCUT2D eigenvalue weighted by molar-refractivity contribution is -0.00264. The molecule has 0 amide bonds. The van der Waals surface area contributed by atoms with E-state index in [-0.39, 0.29) is 18.6 Å². The van der Waals surface area contributed by atoms with Crippen LogP contribution in [-0.4, -0.2) is 23.4 Å². The predicted octanol–water partition coefficient (Wildman–Crippen LogP) is 6.46. The molecule has 2 N–H and O–H groups in total. The van der Waals surface area contributed by atoms with Crippen molar-refractivity contribution in [2.45, 2.75) is 36.5 Å². The van der Waals surface area contributed by atoms with Crippen molar-refractivity contribution in [1.29, 1.82) is 0 Å². The van der Waals surface area contributed by atoms with Gasteiger partial charge in [-0.05, 0) is 57.3 Å². The Balaban J connectivity index is 1.65. The van der Waals surface area contributed by atoms with Gasteiger partial charge in [0.05, 0.1) is 24.0 Å². The minimum Gasteiger partial charge on any atom is -0.395 e. The summed E-state index contributed by atoms with van der Waals surface area (Å²) in [5.41, 5.74) is 8.11. The van der Waals surface area contributed by atoms with Gasteiger partial charge in [-0.3, -0.25) is 0 Å². The van der Waals surface area contributed by atoms with E-state index in [2.05, 4.69) is 97.1 Å². The maximum Gasteiger partial charge on any atom is 0.0575 e. The minimum absolute atomic E-state index is 0.0209. The van der Waals surface area contributed by atoms with E-state index in [1.54, 1.807) is 0 Å². The molecule has 2 heteroatoms. The number of benzene rings is 4. The molecule has 0 spiro atoms. The van der Waals surface area contributed by atoms with Crippen molar-refractivity contribution in [2.75, 3.05) is 13.2 Å². The van der Waals surface area contributed by atoms with Gasteiger partial charge in [-0.1, -0.05) is 110 Å². The van der Waals surface area contributed by atoms with E-state index in [0.717, 1.165) is 25.7 Å². The van der Waals surface area contributed by atoms with Crippen molar-refractivity contribution in [3.8, 4) is 22.3 Å². The summed E-state index contributed by atoms with van der Waals surface area (Å²) >= 11 is 0. The van der Waals surface area contributed by atoms with Crippen molar-refractivity contribution in [3.05, 3.63) is 119 Å². The molecule has 0 unspecified atom stereocenters. The number of aliphatic hydroxyl groups excluding tert-OH is 2. The highest BCUT2D eigenvalue weighted by molar-refractivity contribution is 5.85. The summed E-state index contributed by atoms with van der Waals surface area (Å²) in [5, 5.41) is 23.2. The number of rotatable bonds is 4. The molecule has 7 rings (SSSR count). The second-order valence-electron chi connectivity index (χ2n) is 10.6. The van der Waals surface area contributed by atoms with Crippen molar-refractivity contribution < 1.29 is 10.2 Å². The molecule has 0 bridgehead atoms. The summed E-state index contributed by atoms with van der Waals surface area (Å²) in [6.07, 6.45) is 4.11. The van der Waals surface area contributed by atoms with Gasteiger partial charge in [0, 0.05) is 5.41 Å². The molecule has 3 aliphatic carbocycles. The SMILES string of the molecule is OCC1(C2(C3(CO)c4ccccc4-c4ccccc43)CCCC2)c2ccccc2-c2ccccc21. The fourth-order valence-electron chi connectivity index (χ4n) is 8.52. The summed E-state index contributed by atoms with van der Waals surface area (Å²) in [7, 11) is 0. The fourth-order valence-corrected chi connectivity index (χ4v) is 8.52. The van der Waals surface area contributed by atoms with Gasteiger partial charge in [0.1, 0.15) is 0 Å². The Kier molecular flexibility index (Phi) is 4.46. The van der Waals surface area contributed by atoms with E-state index in [0.29, 0.717) is 0 Å². The van der Waals surface area contributed by atoms with E-state index in [1.165, 1.54) is 44.5 Å². The number of hydrogen-bond donors (Lipinski definition) is 2. The van der Waals surface area contributed by atoms with Crippen molar-refractivity contribution in [1.82, 2.24) is 0 Å². The first-order valence-electron chi connectivity index (χ1n) is 12.9. The zero-order chi connectivity index (χ0) is 23.7. The van der Waals surface area contributed by atoms with Crippen LogP contribution in [0.1, 0.15) is 47.9 Å². The quantitative estimate of drug-likeness (QED) is 0.368. The molecule has 0 heterocycles. The van der Waals surface area contributed by atoms with Crippen LogP contribution in [0.2, 0.25) is 0 Å². The van der Waals surface area contributed by atoms with Crippen LogP contribution < -0.4 is 0 Å². The average Bonchev–Trinajstić information content (AvgIpc) is 3.61. The van der Waals surface area contributed by atoms with Crippen molar-refractivity contribution >= 4 is 0 Å². The maximum atomic E-state index is 11.6. The number of aliphatic hydroxyl groups is 2. The normalized spacial score (nSPS) is 19.6. The lowest BCUT2D eigenvalue weighted by Crippen LogP contribution is -2.60. The van der Waals surface area contributed by atoms with Crippen LogP contribution >= 0.6 is 0 Å². The van der Waals surface area contributed by atoms with Gasteiger partial charge < -0.3 is 10.2 Å². The summed E-state index contributed by atoms with van der Waals surface area (Å²) in [4.78, 5) is 0. The molecule has 4 aromatic rings. The molecular weight excluding hydrogens is 428 g/mol. The monoisotopic (exact) mass is 458 g/mol. The minimum atomic E-state index is -0.607. The molecule has 0 radical (unpaired) electrons. The van der Waals surface area contributed by atoms with Crippen molar-refractivity contribution in [3.63, 3.8) is 0 Å². The molecule has 1 saturated carbocycles. The Labute approximate surface area is 206 Å². The lowest BCUT2D eigenvalue weighted by Gasteiger charge is -2.57. The van der Waals surface area contributed by atoms with Gasteiger partial charge in [0.2, 0.25) is 0 Å². The third kappa shape index (κ3) is 2.28. The van der Waals surface area contributed by atoms with Crippen LogP contribution in [0.5, 0.6) is 0 Å². The largest absolute Gasteiger partial charge is 0.395 e. The molecular formula is C33H30O2. The Hall–Kier alpha value is -3.20. The number of hydrogen-bond acceptors (Lipinski definition) is 2. The molecule has 4 aromatic carbocycles. The van der Waals surface area contributed by atoms with E-state index in [4.69, 9.17) is 0 Å². The molecule has 35 heavy (non-hydrogen) atoms. The van der Waals surface area contributed by atoms with Gasteiger partial charge in [-0.15, -0.1) is 0 Å². The highest BCUT2D eigenvalue weighted by Crippen LogP contribution is 2.72. The second kappa shape index (κ2) is 7.40. The molecule has 1 fully saturated rings. The van der Waals surface area contributed by atoms with E-state index >= 15 is 0 Å². The zero-order valence-electron chi connectivity index (χ0n) is 19.9. The first kappa shape index (κ1) is 21.1. The topological polar surface area (TPSA) is 40.5 Å². The zero-order valence-corrected chi connectivity index (χ0v) is 19.9. The van der Waals surface area contributed by atoms with Gasteiger partial charge in [-0.2, -0.15) is 0 Å². The third-order valence-corrected chi connectivity index (χ3v) is 9.69. The molecule has 0 aliphatic heterocycles. The van der Waals surface area contributed by atoms with Crippen molar-refractivity contribution in [2.24, 2.45) is 5.41 Å². The van der Waals surface area contributed by atoms with Crippen LogP contribution in [0.25, 0.3) is 22.3 Å². The molecule has 0 aromatic heterocycles. The first-order valence-corrected chi connectivity index (χ1v) is 12.9. The fraction of sp³-hybridized carbons (Fsp3) is 0.273. The Morgan fingerprint density at radius 3 is 1.03 bits per heavy atom. The van der Waals surface area contributed by atoms with E-state index < -0.39 is 10.8 Å². The van der Waals surface area contributed by atoms with E-state index in [1.807, 2.05) is 0 Å². The van der Waals surface area contributed by atoms with Crippen LogP contribution in [0, 0.1) is 5.41 Å². The summed E-state index contributed by atoms with van der Waals surface area (Å²) in [6.45, 7) is 0.0419. The summed E-state index contributed by atoms with van der Waals surface area (Å²) < 4.78 is 0. The van der Waals surface area contributed by atoms with Gasteiger partial charge in [-0.25, -0.2) is 0 Å².